The van der Waals surface area contributed by atoms with Crippen LogP contribution in [-0.4, -0.2) is 166 Å². The van der Waals surface area contributed by atoms with Gasteiger partial charge in [-0.05, 0) is 82.6 Å². The Labute approximate surface area is 443 Å². The molecule has 0 aromatic rings. The summed E-state index contributed by atoms with van der Waals surface area (Å²) in [6, 6.07) is 0. The molecule has 2 rings (SSSR count). The summed E-state index contributed by atoms with van der Waals surface area (Å²) in [7, 11) is 0. The van der Waals surface area contributed by atoms with Crippen LogP contribution < -0.4 is 11.5 Å². The summed E-state index contributed by atoms with van der Waals surface area (Å²) in [5, 5.41) is 120. The van der Waals surface area contributed by atoms with E-state index in [1.807, 2.05) is 19.9 Å². The van der Waals surface area contributed by atoms with Gasteiger partial charge >= 0.3 is 17.9 Å². The monoisotopic (exact) mass is 1070 g/mol. The van der Waals surface area contributed by atoms with Crippen LogP contribution in [0.4, 0.5) is 0 Å². The van der Waals surface area contributed by atoms with E-state index in [0.29, 0.717) is 17.7 Å². The van der Waals surface area contributed by atoms with Crippen molar-refractivity contribution < 1.29 is 84.8 Å². The molecule has 18 unspecified atom stereocenters. The normalized spacial score (nSPS) is 38.0. The van der Waals surface area contributed by atoms with Crippen molar-refractivity contribution in [2.45, 2.75) is 224 Å². The van der Waals surface area contributed by atoms with Crippen LogP contribution in [-0.2, 0) is 28.6 Å². The van der Waals surface area contributed by atoms with Crippen LogP contribution in [0.25, 0.3) is 0 Å². The lowest BCUT2D eigenvalue weighted by Crippen LogP contribution is -2.59. The maximum atomic E-state index is 13.6. The van der Waals surface area contributed by atoms with Crippen LogP contribution in [0.1, 0.15) is 145 Å². The van der Waals surface area contributed by atoms with E-state index in [9.17, 15) is 70.6 Å². The van der Waals surface area contributed by atoms with Crippen LogP contribution in [0.5, 0.6) is 0 Å². The van der Waals surface area contributed by atoms with E-state index < -0.39 is 128 Å². The predicted molar refractivity (Wildman–Crippen MR) is 282 cm³/mol. The van der Waals surface area contributed by atoms with Gasteiger partial charge in [-0.3, -0.25) is 14.6 Å². The molecule has 18 atom stereocenters. The predicted octanol–water partition coefficient (Wildman–Crippen LogP) is 3.11. The second-order valence-electron chi connectivity index (χ2n) is 21.4. The summed E-state index contributed by atoms with van der Waals surface area (Å²) in [5.74, 6) is -7.71. The number of hydrogen-bond donors (Lipinski definition) is 13. The minimum absolute atomic E-state index is 0.0596. The molecule has 0 spiro atoms. The Morgan fingerprint density at radius 1 is 0.787 bits per heavy atom. The minimum Gasteiger partial charge on any atom is -0.481 e. The van der Waals surface area contributed by atoms with E-state index in [4.69, 9.17) is 25.7 Å². The number of carbonyl (C=O) groups is 3. The quantitative estimate of drug-likeness (QED) is 0.0333. The molecule has 430 valence electrons. The molecule has 75 heavy (non-hydrogen) atoms. The van der Waals surface area contributed by atoms with E-state index in [0.717, 1.165) is 32.1 Å². The van der Waals surface area contributed by atoms with Gasteiger partial charge in [-0.15, -0.1) is 0 Å². The summed E-state index contributed by atoms with van der Waals surface area (Å²) < 4.78 is 17.4. The second kappa shape index (κ2) is 34.0. The van der Waals surface area contributed by atoms with Crippen LogP contribution in [0.15, 0.2) is 64.7 Å². The largest absolute Gasteiger partial charge is 0.481 e. The maximum absolute atomic E-state index is 13.6. The maximum Gasteiger partial charge on any atom is 0.334 e. The summed E-state index contributed by atoms with van der Waals surface area (Å²) in [4.78, 5) is 41.4. The molecule has 0 radical (unpaired) electrons. The van der Waals surface area contributed by atoms with Crippen molar-refractivity contribution in [1.29, 1.82) is 0 Å². The summed E-state index contributed by atoms with van der Waals surface area (Å²) in [6.45, 7) is 12.8. The zero-order valence-corrected chi connectivity index (χ0v) is 45.2. The number of carboxylic acids is 1. The minimum atomic E-state index is -2.48. The van der Waals surface area contributed by atoms with Gasteiger partial charge < -0.3 is 81.8 Å². The Balaban J connectivity index is 2.46. The summed E-state index contributed by atoms with van der Waals surface area (Å²) in [6.07, 6.45) is 0.787. The van der Waals surface area contributed by atoms with Crippen LogP contribution in [0, 0.1) is 29.6 Å². The topological polar surface area (TPSA) is 366 Å². The van der Waals surface area contributed by atoms with Crippen LogP contribution in [0.2, 0.25) is 0 Å². The number of nitrogens with two attached hydrogens (primary N) is 2. The Morgan fingerprint density at radius 2 is 1.40 bits per heavy atom. The highest BCUT2D eigenvalue weighted by atomic mass is 16.7. The molecular weight excluding hydrogens is 975 g/mol. The van der Waals surface area contributed by atoms with E-state index >= 15 is 0 Å². The van der Waals surface area contributed by atoms with E-state index in [2.05, 4.69) is 17.1 Å². The first kappa shape index (κ1) is 67.1. The number of allylic oxidation sites excluding steroid dienone is 6. The zero-order valence-electron chi connectivity index (χ0n) is 45.2. The summed E-state index contributed by atoms with van der Waals surface area (Å²) in [5.41, 5.74) is 11.6. The molecule has 0 aliphatic carbocycles. The fraction of sp³-hybridized carbons (Fsp3) is 0.745. The van der Waals surface area contributed by atoms with Gasteiger partial charge in [0, 0.05) is 68.4 Å². The lowest BCUT2D eigenvalue weighted by atomic mass is 9.84. The number of fused-ring (bicyclic) bond motifs is 2. The highest BCUT2D eigenvalue weighted by Gasteiger charge is 2.50. The molecule has 0 saturated carbocycles. The molecule has 0 aromatic carbocycles. The van der Waals surface area contributed by atoms with Crippen molar-refractivity contribution in [3.8, 4) is 0 Å². The molecule has 20 nitrogen and oxygen atoms in total. The van der Waals surface area contributed by atoms with Gasteiger partial charge in [-0.2, -0.15) is 0 Å². The number of carboxylic acid groups (broad SMARTS) is 1. The molecule has 2 aliphatic rings. The zero-order chi connectivity index (χ0) is 56.6. The lowest BCUT2D eigenvalue weighted by Gasteiger charge is -2.45. The lowest BCUT2D eigenvalue weighted by molar-refractivity contribution is -0.333. The molecular formula is C55H93N3O17. The molecule has 2 aliphatic heterocycles. The third-order valence-corrected chi connectivity index (χ3v) is 14.5. The number of nitrogens with zero attached hydrogens (tertiary/aromatic N) is 1. The number of unbranched alkanes of at least 4 members (excludes halogenated alkanes) is 2. The molecule has 15 N–H and O–H groups in total. The number of aliphatic carboxylic acids is 1. The Morgan fingerprint density at radius 3 is 2.04 bits per heavy atom. The first-order chi connectivity index (χ1) is 35.1. The van der Waals surface area contributed by atoms with Gasteiger partial charge in [0.1, 0.15) is 24.7 Å². The number of guanidine groups is 1. The van der Waals surface area contributed by atoms with E-state index in [1.165, 1.54) is 0 Å². The Bertz CT molecular complexity index is 1910. The van der Waals surface area contributed by atoms with Crippen molar-refractivity contribution in [3.05, 3.63) is 59.8 Å². The molecule has 0 aromatic heterocycles. The van der Waals surface area contributed by atoms with E-state index in [1.54, 1.807) is 65.0 Å². The smallest absolute Gasteiger partial charge is 0.334 e. The Kier molecular flexibility index (Phi) is 30.4. The van der Waals surface area contributed by atoms with Gasteiger partial charge in [0.2, 0.25) is 0 Å². The number of esters is 2. The number of aliphatic hydroxyl groups is 10. The van der Waals surface area contributed by atoms with Gasteiger partial charge in [0.15, 0.2) is 11.7 Å². The molecule has 2 heterocycles. The van der Waals surface area contributed by atoms with Gasteiger partial charge in [0.05, 0.1) is 54.9 Å². The third-order valence-electron chi connectivity index (χ3n) is 14.5. The molecule has 0 amide bonds. The van der Waals surface area contributed by atoms with Crippen molar-refractivity contribution in [2.75, 3.05) is 6.54 Å². The standard InChI is InChI=1S/C55H93N3O17/c1-32-17-14-19-36(5)51(35(4)16-12-10-8-9-11-13-23-58-54(56)57)74-53(71)37(6)20-15-18-33(2)45(63)29-46(64)38(7)43(61)22-21-34(3)48(66)31-55(72)52(70)47(65)28-42(75-55)26-39(59)24-41(25-40(60)27-44(32)62)73-50(69)30-49(67)68/h8-9,14-15,17-20,33-36,38-48,51-52,59-66,70,72H,10-13,16,21-31H2,1-7H3,(H,67,68)(H4,56,57,58)/b9-8+,18-15+,19-14+,32-17+,37-20+. The number of aliphatic hydroxyl groups excluding tert-OH is 9. The number of carbonyl (C=O) groups excluding carboxylic acids is 2. The fourth-order valence-electron chi connectivity index (χ4n) is 9.34. The van der Waals surface area contributed by atoms with Gasteiger partial charge in [0.25, 0.3) is 0 Å². The first-order valence-corrected chi connectivity index (χ1v) is 26.7. The van der Waals surface area contributed by atoms with Crippen molar-refractivity contribution >= 4 is 23.9 Å². The van der Waals surface area contributed by atoms with Gasteiger partial charge in [-0.1, -0.05) is 83.2 Å². The van der Waals surface area contributed by atoms with Crippen LogP contribution in [0.3, 0.4) is 0 Å². The van der Waals surface area contributed by atoms with Gasteiger partial charge in [-0.25, -0.2) is 4.79 Å². The molecule has 1 saturated heterocycles. The third kappa shape index (κ3) is 25.3. The number of hydrogen-bond acceptors (Lipinski definition) is 17. The summed E-state index contributed by atoms with van der Waals surface area (Å²) >= 11 is 0. The van der Waals surface area contributed by atoms with E-state index in [-0.39, 0.29) is 69.2 Å². The number of ether oxygens (including phenoxy) is 3. The molecule has 1 fully saturated rings. The number of cyclic esters (lactones) is 1. The molecule has 2 bridgehead atoms. The molecule has 20 heteroatoms. The van der Waals surface area contributed by atoms with Crippen molar-refractivity contribution in [1.82, 2.24) is 0 Å². The number of aliphatic imine (C=N–C) groups is 1. The fourth-order valence-corrected chi connectivity index (χ4v) is 9.34. The average molecular weight is 1070 g/mol. The van der Waals surface area contributed by atoms with Crippen molar-refractivity contribution in [3.63, 3.8) is 0 Å². The SMILES string of the molecule is C/C1=C\C=C\C(C)C(O)CC(O)C(C)C(O)CCC(C)C(O)CC2(O)OC(CC(O)CC(OC(=O)CC(=O)O)CC(O)CC(O)/C(C)=C/C=C/C(C)C(C(C)CCC/C=C/CCCN=C(N)N)OC1=O)CC(O)C2O. The van der Waals surface area contributed by atoms with Crippen LogP contribution >= 0.6 is 0 Å². The second-order valence-corrected chi connectivity index (χ2v) is 21.4. The van der Waals surface area contributed by atoms with Crippen molar-refractivity contribution in [2.24, 2.45) is 46.0 Å². The highest BCUT2D eigenvalue weighted by Crippen LogP contribution is 2.36. The Hall–Kier alpha value is -4.06. The average Bonchev–Trinajstić information content (AvgIpc) is 3.31. The number of rotatable bonds is 12. The highest BCUT2D eigenvalue weighted by molar-refractivity contribution is 5.90. The first-order valence-electron chi connectivity index (χ1n) is 26.7.